The Morgan fingerprint density at radius 3 is 2.62 bits per heavy atom. The predicted molar refractivity (Wildman–Crippen MR) is 55.4 cm³/mol. The second kappa shape index (κ2) is 5.34. The SMILES string of the molecule is CCCCNc1nc(Cl)cc(C(F)(F)F)n1. The summed E-state index contributed by atoms with van der Waals surface area (Å²) in [5, 5.41) is 2.47. The summed E-state index contributed by atoms with van der Waals surface area (Å²) in [6, 6.07) is 0.701. The zero-order valence-electron chi connectivity index (χ0n) is 8.60. The summed E-state index contributed by atoms with van der Waals surface area (Å²) in [5.41, 5.74) is -1.04. The first-order chi connectivity index (χ1) is 7.43. The van der Waals surface area contributed by atoms with Crippen molar-refractivity contribution in [2.75, 3.05) is 11.9 Å². The largest absolute Gasteiger partial charge is 0.433 e. The number of aromatic nitrogens is 2. The van der Waals surface area contributed by atoms with Crippen molar-refractivity contribution < 1.29 is 13.2 Å². The van der Waals surface area contributed by atoms with Crippen molar-refractivity contribution in [1.29, 1.82) is 0 Å². The summed E-state index contributed by atoms with van der Waals surface area (Å²) in [6.07, 6.45) is -2.75. The summed E-state index contributed by atoms with van der Waals surface area (Å²) >= 11 is 5.48. The van der Waals surface area contributed by atoms with Gasteiger partial charge in [-0.3, -0.25) is 0 Å². The minimum Gasteiger partial charge on any atom is -0.354 e. The Hall–Kier alpha value is -1.04. The quantitative estimate of drug-likeness (QED) is 0.660. The monoisotopic (exact) mass is 253 g/mol. The molecule has 7 heteroatoms. The molecular formula is C9H11ClF3N3. The lowest BCUT2D eigenvalue weighted by Gasteiger charge is -2.09. The molecule has 0 unspecified atom stereocenters. The summed E-state index contributed by atoms with van der Waals surface area (Å²) < 4.78 is 37.1. The Morgan fingerprint density at radius 2 is 2.06 bits per heavy atom. The molecule has 1 rings (SSSR count). The van der Waals surface area contributed by atoms with Gasteiger partial charge in [0, 0.05) is 12.6 Å². The van der Waals surface area contributed by atoms with Crippen LogP contribution in [-0.2, 0) is 6.18 Å². The highest BCUT2D eigenvalue weighted by Crippen LogP contribution is 2.29. The number of alkyl halides is 3. The average molecular weight is 254 g/mol. The maximum absolute atomic E-state index is 12.4. The highest BCUT2D eigenvalue weighted by molar-refractivity contribution is 6.29. The van der Waals surface area contributed by atoms with E-state index in [-0.39, 0.29) is 11.1 Å². The van der Waals surface area contributed by atoms with Gasteiger partial charge in [0.2, 0.25) is 5.95 Å². The topological polar surface area (TPSA) is 37.8 Å². The van der Waals surface area contributed by atoms with Crippen LogP contribution in [0.4, 0.5) is 19.1 Å². The van der Waals surface area contributed by atoms with Crippen molar-refractivity contribution in [2.24, 2.45) is 0 Å². The highest BCUT2D eigenvalue weighted by atomic mass is 35.5. The van der Waals surface area contributed by atoms with E-state index in [2.05, 4.69) is 15.3 Å². The number of nitrogens with zero attached hydrogens (tertiary/aromatic N) is 2. The molecule has 0 spiro atoms. The van der Waals surface area contributed by atoms with Crippen LogP contribution >= 0.6 is 11.6 Å². The number of hydrogen-bond donors (Lipinski definition) is 1. The van der Waals surface area contributed by atoms with Gasteiger partial charge in [-0.2, -0.15) is 13.2 Å². The molecule has 1 aromatic heterocycles. The Labute approximate surface area is 96.0 Å². The van der Waals surface area contributed by atoms with Gasteiger partial charge < -0.3 is 5.32 Å². The molecule has 90 valence electrons. The lowest BCUT2D eigenvalue weighted by atomic mass is 10.3. The van der Waals surface area contributed by atoms with Crippen molar-refractivity contribution in [3.63, 3.8) is 0 Å². The van der Waals surface area contributed by atoms with Crippen molar-refractivity contribution in [1.82, 2.24) is 9.97 Å². The van der Waals surface area contributed by atoms with E-state index in [1.165, 1.54) is 0 Å². The van der Waals surface area contributed by atoms with Crippen LogP contribution in [0.25, 0.3) is 0 Å². The van der Waals surface area contributed by atoms with E-state index in [1.54, 1.807) is 0 Å². The second-order valence-electron chi connectivity index (χ2n) is 3.18. The molecular weight excluding hydrogens is 243 g/mol. The summed E-state index contributed by atoms with van der Waals surface area (Å²) in [7, 11) is 0. The molecule has 0 saturated heterocycles. The number of nitrogens with one attached hydrogen (secondary N) is 1. The van der Waals surface area contributed by atoms with Gasteiger partial charge >= 0.3 is 6.18 Å². The third-order valence-corrected chi connectivity index (χ3v) is 1.99. The molecule has 0 aliphatic carbocycles. The Balaban J connectivity index is 2.82. The summed E-state index contributed by atoms with van der Waals surface area (Å²) in [6.45, 7) is 2.50. The standard InChI is InChI=1S/C9H11ClF3N3/c1-2-3-4-14-8-15-6(9(11,12)13)5-7(10)16-8/h5H,2-4H2,1H3,(H,14,15,16). The zero-order valence-corrected chi connectivity index (χ0v) is 9.36. The number of hydrogen-bond acceptors (Lipinski definition) is 3. The third-order valence-electron chi connectivity index (χ3n) is 1.80. The lowest BCUT2D eigenvalue weighted by Crippen LogP contribution is -2.12. The van der Waals surface area contributed by atoms with Gasteiger partial charge in [-0.25, -0.2) is 9.97 Å². The molecule has 1 N–H and O–H groups in total. The molecule has 0 radical (unpaired) electrons. The van der Waals surface area contributed by atoms with Gasteiger partial charge in [0.1, 0.15) is 5.15 Å². The van der Waals surface area contributed by atoms with Gasteiger partial charge in [-0.1, -0.05) is 24.9 Å². The van der Waals surface area contributed by atoms with Gasteiger partial charge in [0.25, 0.3) is 0 Å². The fourth-order valence-corrected chi connectivity index (χ4v) is 1.20. The number of anilines is 1. The van der Waals surface area contributed by atoms with Crippen LogP contribution in [0, 0.1) is 0 Å². The Kier molecular flexibility index (Phi) is 4.35. The highest BCUT2D eigenvalue weighted by Gasteiger charge is 2.33. The fourth-order valence-electron chi connectivity index (χ4n) is 1.02. The number of rotatable bonds is 4. The average Bonchev–Trinajstić information content (AvgIpc) is 2.16. The molecule has 0 atom stereocenters. The minimum atomic E-state index is -4.51. The van der Waals surface area contributed by atoms with Crippen molar-refractivity contribution in [3.8, 4) is 0 Å². The molecule has 0 amide bonds. The lowest BCUT2D eigenvalue weighted by molar-refractivity contribution is -0.141. The minimum absolute atomic E-state index is 0.0896. The second-order valence-corrected chi connectivity index (χ2v) is 3.56. The molecule has 0 saturated carbocycles. The van der Waals surface area contributed by atoms with E-state index >= 15 is 0 Å². The smallest absolute Gasteiger partial charge is 0.354 e. The fraction of sp³-hybridized carbons (Fsp3) is 0.556. The molecule has 0 aliphatic rings. The van der Waals surface area contributed by atoms with Crippen LogP contribution in [0.15, 0.2) is 6.07 Å². The first-order valence-electron chi connectivity index (χ1n) is 4.79. The summed E-state index contributed by atoms with van der Waals surface area (Å²) in [5.74, 6) is -0.0896. The van der Waals surface area contributed by atoms with Crippen LogP contribution in [0.3, 0.4) is 0 Å². The van der Waals surface area contributed by atoms with E-state index in [9.17, 15) is 13.2 Å². The molecule has 16 heavy (non-hydrogen) atoms. The van der Waals surface area contributed by atoms with Crippen LogP contribution in [0.1, 0.15) is 25.5 Å². The van der Waals surface area contributed by atoms with Crippen LogP contribution in [-0.4, -0.2) is 16.5 Å². The molecule has 3 nitrogen and oxygen atoms in total. The maximum Gasteiger partial charge on any atom is 0.433 e. The molecule has 0 aromatic carbocycles. The van der Waals surface area contributed by atoms with E-state index in [0.717, 1.165) is 12.8 Å². The Bertz CT molecular complexity index is 354. The molecule has 1 aromatic rings. The van der Waals surface area contributed by atoms with Gasteiger partial charge in [0.05, 0.1) is 0 Å². The predicted octanol–water partition coefficient (Wildman–Crippen LogP) is 3.36. The normalized spacial score (nSPS) is 11.6. The molecule has 0 bridgehead atoms. The van der Waals surface area contributed by atoms with Gasteiger partial charge in [0.15, 0.2) is 5.69 Å². The van der Waals surface area contributed by atoms with Crippen molar-refractivity contribution in [2.45, 2.75) is 25.9 Å². The van der Waals surface area contributed by atoms with Crippen LogP contribution < -0.4 is 5.32 Å². The Morgan fingerprint density at radius 1 is 1.38 bits per heavy atom. The molecule has 1 heterocycles. The molecule has 0 aliphatic heterocycles. The van der Waals surface area contributed by atoms with Crippen LogP contribution in [0.5, 0.6) is 0 Å². The first kappa shape index (κ1) is 13.0. The summed E-state index contributed by atoms with van der Waals surface area (Å²) in [4.78, 5) is 7.01. The van der Waals surface area contributed by atoms with Crippen molar-refractivity contribution in [3.05, 3.63) is 16.9 Å². The molecule has 0 fully saturated rings. The number of halogens is 4. The zero-order chi connectivity index (χ0) is 12.2. The van der Waals surface area contributed by atoms with Crippen LogP contribution in [0.2, 0.25) is 5.15 Å². The van der Waals surface area contributed by atoms with E-state index in [1.807, 2.05) is 6.92 Å². The first-order valence-corrected chi connectivity index (χ1v) is 5.17. The third kappa shape index (κ3) is 3.84. The van der Waals surface area contributed by atoms with E-state index < -0.39 is 11.9 Å². The maximum atomic E-state index is 12.4. The van der Waals surface area contributed by atoms with Gasteiger partial charge in [-0.05, 0) is 6.42 Å². The van der Waals surface area contributed by atoms with E-state index in [4.69, 9.17) is 11.6 Å². The van der Waals surface area contributed by atoms with Crippen molar-refractivity contribution >= 4 is 17.5 Å². The number of unbranched alkanes of at least 4 members (excludes halogenated alkanes) is 1. The van der Waals surface area contributed by atoms with Gasteiger partial charge in [-0.15, -0.1) is 0 Å². The van der Waals surface area contributed by atoms with E-state index in [0.29, 0.717) is 12.6 Å².